The number of amides is 1. The van der Waals surface area contributed by atoms with E-state index in [1.165, 1.54) is 4.90 Å². The van der Waals surface area contributed by atoms with Gasteiger partial charge in [-0.25, -0.2) is 0 Å². The lowest BCUT2D eigenvalue weighted by Gasteiger charge is -2.11. The number of halogens is 1. The summed E-state index contributed by atoms with van der Waals surface area (Å²) in [5.74, 6) is -0.790. The molecular weight excluding hydrogens is 149 g/mol. The summed E-state index contributed by atoms with van der Waals surface area (Å²) in [6.07, 6.45) is 0.629. The summed E-state index contributed by atoms with van der Waals surface area (Å²) >= 11 is 0. The molecule has 0 aromatic carbocycles. The second-order valence-electron chi connectivity index (χ2n) is 2.51. The van der Waals surface area contributed by atoms with Crippen LogP contribution in [0.15, 0.2) is 0 Å². The smallest absolute Gasteiger partial charge is 0.290 e. The highest BCUT2D eigenvalue weighted by Gasteiger charge is 2.28. The fourth-order valence-corrected chi connectivity index (χ4v) is 1.09. The van der Waals surface area contributed by atoms with Crippen LogP contribution in [-0.2, 0) is 9.59 Å². The van der Waals surface area contributed by atoms with Gasteiger partial charge in [0.2, 0.25) is 5.78 Å². The van der Waals surface area contributed by atoms with Gasteiger partial charge in [-0.2, -0.15) is 0 Å². The second-order valence-corrected chi connectivity index (χ2v) is 2.51. The second kappa shape index (κ2) is 3.46. The number of hydrogen-bond acceptors (Lipinski definition) is 2. The van der Waals surface area contributed by atoms with Crippen molar-refractivity contribution in [3.8, 4) is 0 Å². The van der Waals surface area contributed by atoms with E-state index in [4.69, 9.17) is 0 Å². The Morgan fingerprint density at radius 3 is 2.64 bits per heavy atom. The quantitative estimate of drug-likeness (QED) is 0.549. The molecule has 0 saturated carbocycles. The molecule has 62 valence electrons. The van der Waals surface area contributed by atoms with E-state index in [0.29, 0.717) is 25.9 Å². The van der Waals surface area contributed by atoms with Crippen molar-refractivity contribution in [2.75, 3.05) is 19.8 Å². The molecule has 0 bridgehead atoms. The van der Waals surface area contributed by atoms with Crippen molar-refractivity contribution in [2.45, 2.75) is 12.8 Å². The minimum absolute atomic E-state index is 0.297. The maximum absolute atomic E-state index is 11.6. The lowest BCUT2D eigenvalue weighted by Crippen LogP contribution is -2.28. The van der Waals surface area contributed by atoms with Crippen molar-refractivity contribution in [3.63, 3.8) is 0 Å². The molecule has 0 N–H and O–H groups in total. The summed E-state index contributed by atoms with van der Waals surface area (Å²) in [5, 5.41) is 0. The highest BCUT2D eigenvalue weighted by atomic mass is 19.1. The molecule has 0 atom stereocenters. The van der Waals surface area contributed by atoms with Crippen molar-refractivity contribution in [3.05, 3.63) is 0 Å². The standard InChI is InChI=1S/C7H10FNO2/c8-3-1-4-9-5-2-6(10)7(9)11/h1-5H2. The van der Waals surface area contributed by atoms with Crippen LogP contribution in [0.2, 0.25) is 0 Å². The van der Waals surface area contributed by atoms with Gasteiger partial charge in [0.15, 0.2) is 0 Å². The van der Waals surface area contributed by atoms with E-state index in [9.17, 15) is 14.0 Å². The van der Waals surface area contributed by atoms with Crippen LogP contribution in [-0.4, -0.2) is 36.4 Å². The van der Waals surface area contributed by atoms with Crippen LogP contribution in [0.4, 0.5) is 4.39 Å². The van der Waals surface area contributed by atoms with Crippen LogP contribution >= 0.6 is 0 Å². The fraction of sp³-hybridized carbons (Fsp3) is 0.714. The maximum Gasteiger partial charge on any atom is 0.290 e. The third kappa shape index (κ3) is 1.76. The van der Waals surface area contributed by atoms with E-state index in [1.807, 2.05) is 0 Å². The normalized spacial score (nSPS) is 18.1. The largest absolute Gasteiger partial charge is 0.336 e. The first kappa shape index (κ1) is 8.17. The van der Waals surface area contributed by atoms with E-state index < -0.39 is 12.6 Å². The number of ketones is 1. The molecule has 1 rings (SSSR count). The lowest BCUT2D eigenvalue weighted by molar-refractivity contribution is -0.140. The summed E-state index contributed by atoms with van der Waals surface area (Å²) < 4.78 is 11.6. The first-order valence-corrected chi connectivity index (χ1v) is 3.64. The van der Waals surface area contributed by atoms with Crippen LogP contribution in [0.3, 0.4) is 0 Å². The Balaban J connectivity index is 2.36. The van der Waals surface area contributed by atoms with E-state index in [1.54, 1.807) is 0 Å². The Morgan fingerprint density at radius 1 is 1.45 bits per heavy atom. The zero-order valence-electron chi connectivity index (χ0n) is 6.18. The highest BCUT2D eigenvalue weighted by molar-refractivity contribution is 6.37. The molecule has 3 nitrogen and oxygen atoms in total. The number of hydrogen-bond donors (Lipinski definition) is 0. The summed E-state index contributed by atoms with van der Waals surface area (Å²) in [6, 6.07) is 0. The number of nitrogens with zero attached hydrogens (tertiary/aromatic N) is 1. The summed E-state index contributed by atoms with van der Waals surface area (Å²) in [5.41, 5.74) is 0. The molecule has 0 aromatic heterocycles. The maximum atomic E-state index is 11.6. The van der Waals surface area contributed by atoms with Crippen LogP contribution in [0.5, 0.6) is 0 Å². The number of rotatable bonds is 3. The van der Waals surface area contributed by atoms with Gasteiger partial charge < -0.3 is 4.90 Å². The third-order valence-corrected chi connectivity index (χ3v) is 1.70. The summed E-state index contributed by atoms with van der Waals surface area (Å²) in [7, 11) is 0. The van der Waals surface area contributed by atoms with Gasteiger partial charge in [0.25, 0.3) is 5.91 Å². The number of carbonyl (C=O) groups is 2. The number of likely N-dealkylation sites (tertiary alicyclic amines) is 1. The van der Waals surface area contributed by atoms with Gasteiger partial charge in [-0.1, -0.05) is 0 Å². The minimum Gasteiger partial charge on any atom is -0.336 e. The molecule has 1 saturated heterocycles. The molecule has 0 radical (unpaired) electrons. The van der Waals surface area contributed by atoms with E-state index in [2.05, 4.69) is 0 Å². The molecular formula is C7H10FNO2. The zero-order chi connectivity index (χ0) is 8.27. The van der Waals surface area contributed by atoms with E-state index in [0.717, 1.165) is 0 Å². The van der Waals surface area contributed by atoms with Gasteiger partial charge >= 0.3 is 0 Å². The predicted octanol–water partition coefficient (Wildman–Crippen LogP) is 0.147. The van der Waals surface area contributed by atoms with Crippen LogP contribution in [0, 0.1) is 0 Å². The van der Waals surface area contributed by atoms with Gasteiger partial charge in [-0.15, -0.1) is 0 Å². The molecule has 0 aliphatic carbocycles. The number of alkyl halides is 1. The average molecular weight is 159 g/mol. The van der Waals surface area contributed by atoms with Crippen molar-refractivity contribution < 1.29 is 14.0 Å². The van der Waals surface area contributed by atoms with Gasteiger partial charge in [-0.05, 0) is 6.42 Å². The van der Waals surface area contributed by atoms with Gasteiger partial charge in [0.05, 0.1) is 6.67 Å². The monoisotopic (exact) mass is 159 g/mol. The van der Waals surface area contributed by atoms with E-state index >= 15 is 0 Å². The molecule has 11 heavy (non-hydrogen) atoms. The third-order valence-electron chi connectivity index (χ3n) is 1.70. The van der Waals surface area contributed by atoms with Crippen molar-refractivity contribution in [2.24, 2.45) is 0 Å². The Bertz CT molecular complexity index is 181. The Morgan fingerprint density at radius 2 is 2.18 bits per heavy atom. The van der Waals surface area contributed by atoms with Crippen LogP contribution in [0.25, 0.3) is 0 Å². The van der Waals surface area contributed by atoms with Gasteiger partial charge in [0, 0.05) is 19.5 Å². The lowest BCUT2D eigenvalue weighted by atomic mass is 10.3. The average Bonchev–Trinajstić information content (AvgIpc) is 2.31. The summed E-state index contributed by atoms with van der Waals surface area (Å²) in [6.45, 7) is 0.413. The number of carbonyl (C=O) groups excluding carboxylic acids is 2. The van der Waals surface area contributed by atoms with E-state index in [-0.39, 0.29) is 5.78 Å². The topological polar surface area (TPSA) is 37.4 Å². The Hall–Kier alpha value is -0.930. The highest BCUT2D eigenvalue weighted by Crippen LogP contribution is 2.06. The number of Topliss-reactive ketones (excluding diaryl/α,β-unsaturated/α-hetero) is 1. The van der Waals surface area contributed by atoms with Crippen LogP contribution in [0.1, 0.15) is 12.8 Å². The van der Waals surface area contributed by atoms with Gasteiger partial charge in [0.1, 0.15) is 0 Å². The Kier molecular flexibility index (Phi) is 2.57. The minimum atomic E-state index is -0.446. The van der Waals surface area contributed by atoms with Crippen molar-refractivity contribution in [1.82, 2.24) is 4.90 Å². The Labute approximate surface area is 64.2 Å². The van der Waals surface area contributed by atoms with Crippen LogP contribution < -0.4 is 0 Å². The molecule has 0 aromatic rings. The van der Waals surface area contributed by atoms with Gasteiger partial charge in [-0.3, -0.25) is 14.0 Å². The summed E-state index contributed by atoms with van der Waals surface area (Å²) in [4.78, 5) is 22.9. The predicted molar refractivity (Wildman–Crippen MR) is 36.8 cm³/mol. The molecule has 0 unspecified atom stereocenters. The van der Waals surface area contributed by atoms with Crippen molar-refractivity contribution in [1.29, 1.82) is 0 Å². The molecule has 1 aliphatic rings. The molecule has 1 amide bonds. The first-order valence-electron chi connectivity index (χ1n) is 3.64. The molecule has 1 fully saturated rings. The fourth-order valence-electron chi connectivity index (χ4n) is 1.09. The first-order chi connectivity index (χ1) is 5.25. The molecule has 1 aliphatic heterocycles. The molecule has 1 heterocycles. The zero-order valence-corrected chi connectivity index (χ0v) is 6.18. The molecule has 4 heteroatoms. The van der Waals surface area contributed by atoms with Crippen molar-refractivity contribution >= 4 is 11.7 Å². The molecule has 0 spiro atoms. The SMILES string of the molecule is O=C1CCN(CCCF)C1=O.